The largest absolute Gasteiger partial charge is 0.435 e. The molecule has 29 heavy (non-hydrogen) atoms. The summed E-state index contributed by atoms with van der Waals surface area (Å²) in [6.07, 6.45) is 9.44. The third-order valence-corrected chi connectivity index (χ3v) is 6.20. The van der Waals surface area contributed by atoms with Crippen LogP contribution in [0.4, 0.5) is 0 Å². The highest BCUT2D eigenvalue weighted by Gasteiger charge is 2.31. The number of aromatic nitrogens is 3. The van der Waals surface area contributed by atoms with Gasteiger partial charge in [-0.15, -0.1) is 0 Å². The maximum Gasteiger partial charge on any atom is 0.241 e. The highest BCUT2D eigenvalue weighted by molar-refractivity contribution is 5.73. The Morgan fingerprint density at radius 1 is 1.00 bits per heavy atom. The van der Waals surface area contributed by atoms with Gasteiger partial charge in [0.25, 0.3) is 0 Å². The molecule has 7 heteroatoms. The van der Waals surface area contributed by atoms with Gasteiger partial charge in [-0.3, -0.25) is 14.8 Å². The third kappa shape index (κ3) is 4.56. The molecule has 4 rings (SSSR count). The summed E-state index contributed by atoms with van der Waals surface area (Å²) in [7, 11) is 0. The maximum atomic E-state index is 11.5. The molecule has 2 fully saturated rings. The summed E-state index contributed by atoms with van der Waals surface area (Å²) in [5, 5.41) is 0. The number of rotatable bonds is 4. The Hall–Kier alpha value is -2.54. The van der Waals surface area contributed by atoms with Gasteiger partial charge < -0.3 is 14.5 Å². The van der Waals surface area contributed by atoms with E-state index in [1.165, 1.54) is 0 Å². The zero-order chi connectivity index (χ0) is 20.2. The first-order valence-electron chi connectivity index (χ1n) is 10.5. The van der Waals surface area contributed by atoms with Crippen molar-refractivity contribution in [2.75, 3.05) is 26.2 Å². The molecular weight excluding hydrogens is 366 g/mol. The normalized spacial score (nSPS) is 19.3. The van der Waals surface area contributed by atoms with Gasteiger partial charge in [0.15, 0.2) is 5.75 Å². The summed E-state index contributed by atoms with van der Waals surface area (Å²) in [6.45, 7) is 7.47. The number of nitrogens with zero attached hydrogens (tertiary/aromatic N) is 5. The predicted octanol–water partition coefficient (Wildman–Crippen LogP) is 3.16. The summed E-state index contributed by atoms with van der Waals surface area (Å²) < 4.78 is 6.08. The lowest BCUT2D eigenvalue weighted by Gasteiger charge is -2.41. The minimum absolute atomic E-state index is 0.196. The van der Waals surface area contributed by atoms with Crippen molar-refractivity contribution >= 4 is 5.91 Å². The molecule has 0 aromatic carbocycles. The summed E-state index contributed by atoms with van der Waals surface area (Å²) in [5.41, 5.74) is 1.79. The first kappa shape index (κ1) is 19.8. The van der Waals surface area contributed by atoms with Crippen molar-refractivity contribution in [1.29, 1.82) is 0 Å². The number of hydrogen-bond donors (Lipinski definition) is 0. The van der Waals surface area contributed by atoms with Crippen LogP contribution in [-0.4, -0.2) is 62.9 Å². The Bertz CT molecular complexity index is 843. The average molecular weight is 396 g/mol. The molecule has 2 aliphatic heterocycles. The molecular formula is C22H29N5O2. The van der Waals surface area contributed by atoms with Gasteiger partial charge in [0.2, 0.25) is 11.8 Å². The van der Waals surface area contributed by atoms with E-state index in [4.69, 9.17) is 4.74 Å². The molecule has 2 aromatic rings. The smallest absolute Gasteiger partial charge is 0.241 e. The van der Waals surface area contributed by atoms with Crippen LogP contribution in [-0.2, 0) is 4.79 Å². The summed E-state index contributed by atoms with van der Waals surface area (Å²) >= 11 is 0. The number of pyridine rings is 1. The van der Waals surface area contributed by atoms with E-state index in [9.17, 15) is 4.79 Å². The molecule has 154 valence electrons. The van der Waals surface area contributed by atoms with Gasteiger partial charge in [-0.25, -0.2) is 4.98 Å². The minimum atomic E-state index is 0.196. The summed E-state index contributed by atoms with van der Waals surface area (Å²) in [6, 6.07) is 4.37. The first-order valence-corrected chi connectivity index (χ1v) is 10.5. The Balaban J connectivity index is 1.38. The van der Waals surface area contributed by atoms with Crippen LogP contribution in [0.1, 0.15) is 49.9 Å². The van der Waals surface area contributed by atoms with Crippen LogP contribution in [0.5, 0.6) is 11.6 Å². The lowest BCUT2D eigenvalue weighted by atomic mass is 9.91. The van der Waals surface area contributed by atoms with E-state index in [0.29, 0.717) is 17.8 Å². The van der Waals surface area contributed by atoms with Crippen LogP contribution in [0, 0.1) is 6.92 Å². The van der Waals surface area contributed by atoms with Crippen molar-refractivity contribution in [3.05, 3.63) is 42.1 Å². The molecule has 0 atom stereocenters. The zero-order valence-corrected chi connectivity index (χ0v) is 17.3. The molecule has 0 aliphatic carbocycles. The number of carbonyl (C=O) groups is 1. The van der Waals surface area contributed by atoms with E-state index in [2.05, 4.69) is 19.9 Å². The van der Waals surface area contributed by atoms with Crippen molar-refractivity contribution in [3.63, 3.8) is 0 Å². The molecule has 4 heterocycles. The Kier molecular flexibility index (Phi) is 6.04. The molecule has 2 aliphatic rings. The average Bonchev–Trinajstić information content (AvgIpc) is 2.76. The van der Waals surface area contributed by atoms with Gasteiger partial charge in [0, 0.05) is 50.6 Å². The Labute approximate surface area is 172 Å². The second kappa shape index (κ2) is 8.86. The number of amides is 1. The quantitative estimate of drug-likeness (QED) is 0.792. The lowest BCUT2D eigenvalue weighted by Crippen LogP contribution is -2.48. The molecule has 2 aromatic heterocycles. The van der Waals surface area contributed by atoms with Gasteiger partial charge in [0.1, 0.15) is 5.69 Å². The van der Waals surface area contributed by atoms with E-state index in [0.717, 1.165) is 69.0 Å². The van der Waals surface area contributed by atoms with E-state index < -0.39 is 0 Å². The fourth-order valence-corrected chi connectivity index (χ4v) is 4.46. The third-order valence-electron chi connectivity index (χ3n) is 6.20. The van der Waals surface area contributed by atoms with Crippen LogP contribution >= 0.6 is 0 Å². The highest BCUT2D eigenvalue weighted by Crippen LogP contribution is 2.35. The standard InChI is InChI=1S/C22H29N5O2/c1-16-20(4-3-9-23-16)29-22-21(24-10-11-25-22)18-5-12-27(13-6-18)19-7-14-26(15-8-19)17(2)28/h3-4,9-11,18-19H,5-8,12-15H2,1-2H3. The topological polar surface area (TPSA) is 71.5 Å². The monoisotopic (exact) mass is 395 g/mol. The Morgan fingerprint density at radius 3 is 2.41 bits per heavy atom. The van der Waals surface area contributed by atoms with Crippen molar-refractivity contribution in [2.24, 2.45) is 0 Å². The molecule has 0 N–H and O–H groups in total. The number of carbonyl (C=O) groups excluding carboxylic acids is 1. The Morgan fingerprint density at radius 2 is 1.72 bits per heavy atom. The van der Waals surface area contributed by atoms with E-state index in [-0.39, 0.29) is 5.91 Å². The number of aryl methyl sites for hydroxylation is 1. The summed E-state index contributed by atoms with van der Waals surface area (Å²) in [5.74, 6) is 1.87. The van der Waals surface area contributed by atoms with Crippen LogP contribution in [0.3, 0.4) is 0 Å². The zero-order valence-electron chi connectivity index (χ0n) is 17.3. The van der Waals surface area contributed by atoms with Crippen LogP contribution in [0.15, 0.2) is 30.7 Å². The van der Waals surface area contributed by atoms with Crippen LogP contribution in [0.25, 0.3) is 0 Å². The SMILES string of the molecule is CC(=O)N1CCC(N2CCC(c3nccnc3Oc3cccnc3C)CC2)CC1. The molecule has 0 unspecified atom stereocenters. The second-order valence-corrected chi connectivity index (χ2v) is 7.98. The van der Waals surface area contributed by atoms with Gasteiger partial charge in [0.05, 0.1) is 5.69 Å². The number of hydrogen-bond acceptors (Lipinski definition) is 6. The first-order chi connectivity index (χ1) is 14.1. The minimum Gasteiger partial charge on any atom is -0.435 e. The fraction of sp³-hybridized carbons (Fsp3) is 0.545. The lowest BCUT2D eigenvalue weighted by molar-refractivity contribution is -0.130. The van der Waals surface area contributed by atoms with Crippen molar-refractivity contribution in [2.45, 2.75) is 51.5 Å². The molecule has 2 saturated heterocycles. The van der Waals surface area contributed by atoms with E-state index in [1.807, 2.05) is 24.0 Å². The molecule has 0 radical (unpaired) electrons. The second-order valence-electron chi connectivity index (χ2n) is 7.98. The number of likely N-dealkylation sites (tertiary alicyclic amines) is 2. The summed E-state index contributed by atoms with van der Waals surface area (Å²) in [4.78, 5) is 29.5. The molecule has 1 amide bonds. The van der Waals surface area contributed by atoms with Gasteiger partial charge in [-0.05, 0) is 57.8 Å². The van der Waals surface area contributed by atoms with Crippen molar-refractivity contribution < 1.29 is 9.53 Å². The van der Waals surface area contributed by atoms with Crippen molar-refractivity contribution in [3.8, 4) is 11.6 Å². The number of ether oxygens (including phenoxy) is 1. The highest BCUT2D eigenvalue weighted by atomic mass is 16.5. The molecule has 0 spiro atoms. The molecule has 0 saturated carbocycles. The van der Waals surface area contributed by atoms with Gasteiger partial charge in [-0.2, -0.15) is 0 Å². The van der Waals surface area contributed by atoms with E-state index >= 15 is 0 Å². The number of piperidine rings is 2. The van der Waals surface area contributed by atoms with E-state index in [1.54, 1.807) is 25.5 Å². The van der Waals surface area contributed by atoms with Gasteiger partial charge >= 0.3 is 0 Å². The van der Waals surface area contributed by atoms with Crippen LogP contribution < -0.4 is 4.74 Å². The maximum absolute atomic E-state index is 11.5. The fourth-order valence-electron chi connectivity index (χ4n) is 4.46. The molecule has 7 nitrogen and oxygen atoms in total. The van der Waals surface area contributed by atoms with Gasteiger partial charge in [-0.1, -0.05) is 0 Å². The van der Waals surface area contributed by atoms with Crippen molar-refractivity contribution in [1.82, 2.24) is 24.8 Å². The molecule has 0 bridgehead atoms. The predicted molar refractivity (Wildman–Crippen MR) is 110 cm³/mol. The van der Waals surface area contributed by atoms with Crippen LogP contribution in [0.2, 0.25) is 0 Å².